The Balaban J connectivity index is 4.28. The lowest BCUT2D eigenvalue weighted by Gasteiger charge is -2.20. The summed E-state index contributed by atoms with van der Waals surface area (Å²) in [4.78, 5) is 37.0. The summed E-state index contributed by atoms with van der Waals surface area (Å²) in [7, 11) is -0.713. The van der Waals surface area contributed by atoms with Gasteiger partial charge < -0.3 is 19.3 Å². The summed E-state index contributed by atoms with van der Waals surface area (Å²) in [5, 5.41) is 0. The van der Waals surface area contributed by atoms with E-state index in [9.17, 15) is 19.0 Å². The van der Waals surface area contributed by atoms with Crippen molar-refractivity contribution in [3.63, 3.8) is 0 Å². The van der Waals surface area contributed by atoms with Crippen LogP contribution in [0.5, 0.6) is 0 Å². The molecule has 0 radical (unpaired) electrons. The van der Waals surface area contributed by atoms with Crippen molar-refractivity contribution in [2.75, 3.05) is 40.5 Å². The number of ether oxygens (including phenoxy) is 2. The Morgan fingerprint density at radius 2 is 0.962 bits per heavy atom. The van der Waals surface area contributed by atoms with E-state index in [0.717, 1.165) is 51.4 Å². The molecule has 312 valence electrons. The standard InChI is InChI=1S/C43H82NO8P/c1-5-7-9-11-13-15-17-19-20-21-22-24-25-27-29-31-33-35-42(45)49-39-41(40-51-53(47,48)50-38-37-44(3)4)52-43(46)36-34-32-30-28-26-23-18-16-14-12-10-8-6-2/h16,18-20,41H,5-15,17,21-40H2,1-4H3,(H,47,48)/b18-16-,20-19-. The summed E-state index contributed by atoms with van der Waals surface area (Å²) in [6.07, 6.45) is 39.3. The molecule has 0 heterocycles. The number of carbonyl (C=O) groups excluding carboxylic acids is 2. The zero-order chi connectivity index (χ0) is 39.1. The number of hydrogen-bond donors (Lipinski definition) is 1. The first-order valence-corrected chi connectivity index (χ1v) is 23.1. The van der Waals surface area contributed by atoms with Crippen LogP contribution in [0.4, 0.5) is 0 Å². The third-order valence-electron chi connectivity index (χ3n) is 9.23. The highest BCUT2D eigenvalue weighted by molar-refractivity contribution is 7.47. The van der Waals surface area contributed by atoms with Gasteiger partial charge in [0.05, 0.1) is 13.2 Å². The monoisotopic (exact) mass is 772 g/mol. The summed E-state index contributed by atoms with van der Waals surface area (Å²) >= 11 is 0. The highest BCUT2D eigenvalue weighted by atomic mass is 31.2. The van der Waals surface area contributed by atoms with Gasteiger partial charge in [0.1, 0.15) is 6.61 Å². The molecular formula is C43H82NO8P. The van der Waals surface area contributed by atoms with Crippen LogP contribution >= 0.6 is 7.82 Å². The van der Waals surface area contributed by atoms with Crippen LogP contribution < -0.4 is 0 Å². The van der Waals surface area contributed by atoms with E-state index < -0.39 is 26.5 Å². The number of rotatable bonds is 40. The molecule has 0 aliphatic carbocycles. The first-order chi connectivity index (χ1) is 25.7. The van der Waals surface area contributed by atoms with E-state index in [0.29, 0.717) is 13.0 Å². The van der Waals surface area contributed by atoms with Crippen molar-refractivity contribution in [1.29, 1.82) is 0 Å². The van der Waals surface area contributed by atoms with Crippen molar-refractivity contribution in [3.05, 3.63) is 24.3 Å². The molecular weight excluding hydrogens is 689 g/mol. The first-order valence-electron chi connectivity index (χ1n) is 21.6. The molecule has 0 aliphatic rings. The summed E-state index contributed by atoms with van der Waals surface area (Å²) in [6.45, 7) is 4.30. The Morgan fingerprint density at radius 3 is 1.42 bits per heavy atom. The second kappa shape index (κ2) is 38.8. The SMILES string of the molecule is CCCCCC/C=C\CCCCCCCC(=O)OC(COC(=O)CCCCCCCCC/C=C\CCCCCCCC)COP(=O)(O)OCCN(C)C. The van der Waals surface area contributed by atoms with Crippen LogP contribution in [0.25, 0.3) is 0 Å². The molecule has 0 saturated carbocycles. The van der Waals surface area contributed by atoms with E-state index in [1.54, 1.807) is 0 Å². The van der Waals surface area contributed by atoms with E-state index in [4.69, 9.17) is 18.5 Å². The number of likely N-dealkylation sites (N-methyl/N-ethyl adjacent to an activating group) is 1. The van der Waals surface area contributed by atoms with Crippen LogP contribution in [0, 0.1) is 0 Å². The van der Waals surface area contributed by atoms with Gasteiger partial charge >= 0.3 is 19.8 Å². The summed E-state index contributed by atoms with van der Waals surface area (Å²) < 4.78 is 33.4. The van der Waals surface area contributed by atoms with E-state index in [-0.39, 0.29) is 32.0 Å². The number of unbranched alkanes of at least 4 members (excludes halogenated alkanes) is 22. The number of hydrogen-bond acceptors (Lipinski definition) is 8. The van der Waals surface area contributed by atoms with Crippen molar-refractivity contribution in [3.8, 4) is 0 Å². The Kier molecular flexibility index (Phi) is 37.6. The molecule has 0 bridgehead atoms. The predicted molar refractivity (Wildman–Crippen MR) is 220 cm³/mol. The Bertz CT molecular complexity index is 941. The normalized spacial score (nSPS) is 13.6. The molecule has 0 aromatic heterocycles. The van der Waals surface area contributed by atoms with Crippen molar-refractivity contribution in [1.82, 2.24) is 4.90 Å². The zero-order valence-corrected chi connectivity index (χ0v) is 35.6. The number of allylic oxidation sites excluding steroid dienone is 4. The number of phosphoric acid groups is 1. The average Bonchev–Trinajstić information content (AvgIpc) is 3.12. The molecule has 0 aromatic carbocycles. The van der Waals surface area contributed by atoms with Gasteiger partial charge in [-0.2, -0.15) is 0 Å². The van der Waals surface area contributed by atoms with Gasteiger partial charge in [0, 0.05) is 19.4 Å². The Morgan fingerprint density at radius 1 is 0.566 bits per heavy atom. The van der Waals surface area contributed by atoms with Crippen LogP contribution in [-0.4, -0.2) is 68.3 Å². The maximum absolute atomic E-state index is 12.6. The number of carbonyl (C=O) groups is 2. The molecule has 0 saturated heterocycles. The third kappa shape index (κ3) is 40.0. The fourth-order valence-electron chi connectivity index (χ4n) is 5.85. The Labute approximate surface area is 326 Å². The molecule has 10 heteroatoms. The van der Waals surface area contributed by atoms with Crippen molar-refractivity contribution >= 4 is 19.8 Å². The average molecular weight is 772 g/mol. The van der Waals surface area contributed by atoms with Gasteiger partial charge in [0.25, 0.3) is 0 Å². The molecule has 0 aliphatic heterocycles. The predicted octanol–water partition coefficient (Wildman–Crippen LogP) is 12.2. The topological polar surface area (TPSA) is 112 Å². The van der Waals surface area contributed by atoms with E-state index >= 15 is 0 Å². The van der Waals surface area contributed by atoms with E-state index in [2.05, 4.69) is 38.2 Å². The second-order valence-corrected chi connectivity index (χ2v) is 16.3. The summed E-state index contributed by atoms with van der Waals surface area (Å²) in [5.74, 6) is -0.814. The molecule has 2 atom stereocenters. The minimum absolute atomic E-state index is 0.00620. The molecule has 53 heavy (non-hydrogen) atoms. The first kappa shape index (κ1) is 51.5. The van der Waals surface area contributed by atoms with Crippen LogP contribution in [0.3, 0.4) is 0 Å². The van der Waals surface area contributed by atoms with Crippen LogP contribution in [0.1, 0.15) is 194 Å². The van der Waals surface area contributed by atoms with Crippen molar-refractivity contribution in [2.45, 2.75) is 200 Å². The highest BCUT2D eigenvalue weighted by Gasteiger charge is 2.26. The molecule has 2 unspecified atom stereocenters. The Hall–Kier alpha value is -1.51. The fraction of sp³-hybridized carbons (Fsp3) is 0.860. The molecule has 0 spiro atoms. The molecule has 9 nitrogen and oxygen atoms in total. The number of phosphoric ester groups is 1. The lowest BCUT2D eigenvalue weighted by molar-refractivity contribution is -0.161. The summed E-state index contributed by atoms with van der Waals surface area (Å²) in [5.41, 5.74) is 0. The minimum Gasteiger partial charge on any atom is -0.462 e. The zero-order valence-electron chi connectivity index (χ0n) is 34.7. The van der Waals surface area contributed by atoms with Crippen LogP contribution in [0.15, 0.2) is 24.3 Å². The van der Waals surface area contributed by atoms with Gasteiger partial charge in [-0.1, -0.05) is 141 Å². The maximum atomic E-state index is 12.6. The lowest BCUT2D eigenvalue weighted by atomic mass is 10.1. The molecule has 0 amide bonds. The minimum atomic E-state index is -4.36. The fourth-order valence-corrected chi connectivity index (χ4v) is 6.59. The molecule has 0 aromatic rings. The van der Waals surface area contributed by atoms with E-state index in [1.165, 1.54) is 109 Å². The third-order valence-corrected chi connectivity index (χ3v) is 10.2. The van der Waals surface area contributed by atoms with Gasteiger partial charge in [-0.05, 0) is 78.3 Å². The second-order valence-electron chi connectivity index (χ2n) is 14.9. The molecule has 0 rings (SSSR count). The van der Waals surface area contributed by atoms with Gasteiger partial charge in [-0.15, -0.1) is 0 Å². The van der Waals surface area contributed by atoms with Gasteiger partial charge in [0.2, 0.25) is 0 Å². The lowest BCUT2D eigenvalue weighted by Crippen LogP contribution is -2.29. The molecule has 0 fully saturated rings. The summed E-state index contributed by atoms with van der Waals surface area (Å²) in [6, 6.07) is 0. The van der Waals surface area contributed by atoms with E-state index in [1.807, 2.05) is 19.0 Å². The highest BCUT2D eigenvalue weighted by Crippen LogP contribution is 2.43. The van der Waals surface area contributed by atoms with Gasteiger partial charge in [-0.25, -0.2) is 4.57 Å². The molecule has 1 N–H and O–H groups in total. The number of nitrogens with zero attached hydrogens (tertiary/aromatic N) is 1. The van der Waals surface area contributed by atoms with Gasteiger partial charge in [-0.3, -0.25) is 18.6 Å². The van der Waals surface area contributed by atoms with Gasteiger partial charge in [0.15, 0.2) is 6.10 Å². The smallest absolute Gasteiger partial charge is 0.462 e. The number of esters is 2. The largest absolute Gasteiger partial charge is 0.472 e. The maximum Gasteiger partial charge on any atom is 0.472 e. The van der Waals surface area contributed by atoms with Crippen LogP contribution in [0.2, 0.25) is 0 Å². The van der Waals surface area contributed by atoms with Crippen LogP contribution in [-0.2, 0) is 32.7 Å². The van der Waals surface area contributed by atoms with Crippen molar-refractivity contribution < 1.29 is 37.6 Å². The quantitative estimate of drug-likeness (QED) is 0.0281. The van der Waals surface area contributed by atoms with Crippen molar-refractivity contribution in [2.24, 2.45) is 0 Å².